The van der Waals surface area contributed by atoms with Crippen LogP contribution in [-0.2, 0) is 6.54 Å². The number of nitrogens with zero attached hydrogens (tertiary/aromatic N) is 2. The van der Waals surface area contributed by atoms with E-state index < -0.39 is 0 Å². The quantitative estimate of drug-likeness (QED) is 0.882. The Morgan fingerprint density at radius 2 is 2.06 bits per heavy atom. The Balaban J connectivity index is 1.93. The Kier molecular flexibility index (Phi) is 3.64. The van der Waals surface area contributed by atoms with Crippen LogP contribution in [0.4, 0.5) is 0 Å². The van der Waals surface area contributed by atoms with Crippen LogP contribution in [0.25, 0.3) is 0 Å². The molecule has 1 heterocycles. The zero-order chi connectivity index (χ0) is 11.4. The fraction of sp³-hybridized carbons (Fsp3) is 0.333. The molecule has 0 aliphatic rings. The third-order valence-electron chi connectivity index (χ3n) is 2.57. The first-order valence-corrected chi connectivity index (χ1v) is 6.15. The van der Waals surface area contributed by atoms with Gasteiger partial charge in [-0.1, -0.05) is 34.3 Å². The molecular weight excluding hydrogens is 218 g/mol. The molecular formula is C12H15N3S. The van der Waals surface area contributed by atoms with E-state index >= 15 is 0 Å². The summed E-state index contributed by atoms with van der Waals surface area (Å²) in [5.74, 6) is 0. The molecule has 0 aliphatic carbocycles. The Morgan fingerprint density at radius 1 is 1.31 bits per heavy atom. The number of aryl methyl sites for hydroxylation is 1. The number of hydrogen-bond acceptors (Lipinski definition) is 4. The molecule has 0 saturated heterocycles. The Hall–Kier alpha value is -1.26. The molecule has 1 N–H and O–H groups in total. The number of nitrogens with one attached hydrogen (secondary N) is 1. The Bertz CT molecular complexity index is 422. The topological polar surface area (TPSA) is 37.8 Å². The summed E-state index contributed by atoms with van der Waals surface area (Å²) in [6.45, 7) is 5.03. The van der Waals surface area contributed by atoms with Crippen LogP contribution in [0.1, 0.15) is 29.8 Å². The molecule has 0 saturated carbocycles. The second-order valence-corrected chi connectivity index (χ2v) is 4.52. The van der Waals surface area contributed by atoms with Crippen LogP contribution in [0.3, 0.4) is 0 Å². The second kappa shape index (κ2) is 5.18. The lowest BCUT2D eigenvalue weighted by Crippen LogP contribution is -2.18. The van der Waals surface area contributed by atoms with Crippen molar-refractivity contribution in [1.29, 1.82) is 0 Å². The predicted molar refractivity (Wildman–Crippen MR) is 66.3 cm³/mol. The highest BCUT2D eigenvalue weighted by Crippen LogP contribution is 2.13. The zero-order valence-electron chi connectivity index (χ0n) is 9.47. The molecule has 3 nitrogen and oxygen atoms in total. The fourth-order valence-electron chi connectivity index (χ4n) is 1.49. The maximum Gasteiger partial charge on any atom is 0.0893 e. The molecule has 84 valence electrons. The SMILES string of the molecule is Cc1ccc([C@@H](C)NCc2csnn2)cc1. The molecule has 2 aromatic rings. The summed E-state index contributed by atoms with van der Waals surface area (Å²) in [5, 5.41) is 9.39. The number of aromatic nitrogens is 2. The number of benzene rings is 1. The van der Waals surface area contributed by atoms with E-state index in [0.29, 0.717) is 6.04 Å². The smallest absolute Gasteiger partial charge is 0.0893 e. The molecule has 0 bridgehead atoms. The molecule has 0 unspecified atom stereocenters. The maximum absolute atomic E-state index is 4.00. The van der Waals surface area contributed by atoms with Crippen LogP contribution in [0.2, 0.25) is 0 Å². The van der Waals surface area contributed by atoms with Gasteiger partial charge in [0.1, 0.15) is 0 Å². The van der Waals surface area contributed by atoms with Crippen LogP contribution in [0.5, 0.6) is 0 Å². The van der Waals surface area contributed by atoms with E-state index in [-0.39, 0.29) is 0 Å². The van der Waals surface area contributed by atoms with Gasteiger partial charge < -0.3 is 5.32 Å². The summed E-state index contributed by atoms with van der Waals surface area (Å²) in [5.41, 5.74) is 3.59. The summed E-state index contributed by atoms with van der Waals surface area (Å²) in [6, 6.07) is 8.93. The predicted octanol–water partition coefficient (Wildman–Crippen LogP) is 2.70. The molecule has 0 aliphatic heterocycles. The molecule has 2 rings (SSSR count). The first kappa shape index (κ1) is 11.2. The largest absolute Gasteiger partial charge is 0.304 e. The van der Waals surface area contributed by atoms with Gasteiger partial charge in [0.15, 0.2) is 0 Å². The van der Waals surface area contributed by atoms with Gasteiger partial charge in [-0.2, -0.15) is 0 Å². The van der Waals surface area contributed by atoms with E-state index in [1.807, 2.05) is 5.38 Å². The van der Waals surface area contributed by atoms with Gasteiger partial charge in [-0.25, -0.2) is 0 Å². The van der Waals surface area contributed by atoms with Crippen molar-refractivity contribution in [2.75, 3.05) is 0 Å². The average molecular weight is 233 g/mol. The minimum absolute atomic E-state index is 0.335. The molecule has 1 atom stereocenters. The zero-order valence-corrected chi connectivity index (χ0v) is 10.3. The van der Waals surface area contributed by atoms with Crippen LogP contribution < -0.4 is 5.32 Å². The van der Waals surface area contributed by atoms with Crippen molar-refractivity contribution in [2.45, 2.75) is 26.4 Å². The van der Waals surface area contributed by atoms with E-state index in [1.165, 1.54) is 22.7 Å². The Morgan fingerprint density at radius 3 is 2.69 bits per heavy atom. The summed E-state index contributed by atoms with van der Waals surface area (Å²) in [6.07, 6.45) is 0. The highest BCUT2D eigenvalue weighted by molar-refractivity contribution is 7.03. The third kappa shape index (κ3) is 2.87. The van der Waals surface area contributed by atoms with E-state index in [1.54, 1.807) is 0 Å². The van der Waals surface area contributed by atoms with E-state index in [2.05, 4.69) is 53.0 Å². The molecule has 1 aromatic heterocycles. The Labute approximate surface area is 99.7 Å². The van der Waals surface area contributed by atoms with Crippen molar-refractivity contribution in [1.82, 2.24) is 14.9 Å². The molecule has 0 radical (unpaired) electrons. The highest BCUT2D eigenvalue weighted by atomic mass is 32.1. The minimum Gasteiger partial charge on any atom is -0.304 e. The molecule has 4 heteroatoms. The number of hydrogen-bond donors (Lipinski definition) is 1. The molecule has 0 spiro atoms. The van der Waals surface area contributed by atoms with Crippen molar-refractivity contribution >= 4 is 11.5 Å². The summed E-state index contributed by atoms with van der Waals surface area (Å²) >= 11 is 1.39. The van der Waals surface area contributed by atoms with Gasteiger partial charge in [0.25, 0.3) is 0 Å². The second-order valence-electron chi connectivity index (χ2n) is 3.91. The normalized spacial score (nSPS) is 12.6. The first-order chi connectivity index (χ1) is 7.75. The fourth-order valence-corrected chi connectivity index (χ4v) is 1.94. The molecule has 0 amide bonds. The average Bonchev–Trinajstić information content (AvgIpc) is 2.80. The minimum atomic E-state index is 0.335. The van der Waals surface area contributed by atoms with Crippen LogP contribution >= 0.6 is 11.5 Å². The highest BCUT2D eigenvalue weighted by Gasteiger charge is 2.05. The van der Waals surface area contributed by atoms with Gasteiger partial charge in [0.2, 0.25) is 0 Å². The van der Waals surface area contributed by atoms with Crippen LogP contribution in [0.15, 0.2) is 29.6 Å². The van der Waals surface area contributed by atoms with Crippen molar-refractivity contribution in [3.8, 4) is 0 Å². The van der Waals surface area contributed by atoms with Crippen molar-refractivity contribution in [3.05, 3.63) is 46.5 Å². The number of rotatable bonds is 4. The van der Waals surface area contributed by atoms with Gasteiger partial charge >= 0.3 is 0 Å². The van der Waals surface area contributed by atoms with Gasteiger partial charge in [0, 0.05) is 18.0 Å². The van der Waals surface area contributed by atoms with Crippen LogP contribution in [-0.4, -0.2) is 9.59 Å². The van der Waals surface area contributed by atoms with Crippen LogP contribution in [0, 0.1) is 6.92 Å². The molecule has 16 heavy (non-hydrogen) atoms. The van der Waals surface area contributed by atoms with Gasteiger partial charge in [0.05, 0.1) is 5.69 Å². The standard InChI is InChI=1S/C12H15N3S/c1-9-3-5-11(6-4-9)10(2)13-7-12-8-16-15-14-12/h3-6,8,10,13H,7H2,1-2H3/t10-/m1/s1. The van der Waals surface area contributed by atoms with Crippen molar-refractivity contribution in [3.63, 3.8) is 0 Å². The van der Waals surface area contributed by atoms with E-state index in [4.69, 9.17) is 0 Å². The maximum atomic E-state index is 4.00. The van der Waals surface area contributed by atoms with E-state index in [0.717, 1.165) is 12.2 Å². The lowest BCUT2D eigenvalue weighted by Gasteiger charge is -2.13. The van der Waals surface area contributed by atoms with Gasteiger partial charge in [-0.05, 0) is 30.9 Å². The monoisotopic (exact) mass is 233 g/mol. The summed E-state index contributed by atoms with van der Waals surface area (Å²) < 4.78 is 3.84. The first-order valence-electron chi connectivity index (χ1n) is 5.31. The lowest BCUT2D eigenvalue weighted by molar-refractivity contribution is 0.567. The van der Waals surface area contributed by atoms with Crippen molar-refractivity contribution in [2.24, 2.45) is 0 Å². The lowest BCUT2D eigenvalue weighted by atomic mass is 10.1. The summed E-state index contributed by atoms with van der Waals surface area (Å²) in [4.78, 5) is 0. The summed E-state index contributed by atoms with van der Waals surface area (Å²) in [7, 11) is 0. The third-order valence-corrected chi connectivity index (χ3v) is 3.13. The molecule has 1 aromatic carbocycles. The van der Waals surface area contributed by atoms with Gasteiger partial charge in [-0.3, -0.25) is 0 Å². The van der Waals surface area contributed by atoms with Gasteiger partial charge in [-0.15, -0.1) is 5.10 Å². The van der Waals surface area contributed by atoms with Crippen molar-refractivity contribution < 1.29 is 0 Å². The molecule has 0 fully saturated rings. The van der Waals surface area contributed by atoms with E-state index in [9.17, 15) is 0 Å².